The molecule has 1 fully saturated rings. The molecule has 0 aliphatic heterocycles. The van der Waals surface area contributed by atoms with Gasteiger partial charge < -0.3 is 39.4 Å². The number of carbonyl (C=O) groups excluding carboxylic acids is 1. The minimum Gasteiger partial charge on any atom is -0.496 e. The lowest BCUT2D eigenvalue weighted by atomic mass is 9.74. The number of amides is 2. The van der Waals surface area contributed by atoms with Gasteiger partial charge in [0.1, 0.15) is 17.0 Å². The summed E-state index contributed by atoms with van der Waals surface area (Å²) in [6.07, 6.45) is -0.867. The van der Waals surface area contributed by atoms with Crippen molar-refractivity contribution in [3.05, 3.63) is 58.1 Å². The molecule has 3 rings (SSSR count). The Bertz CT molecular complexity index is 1140. The molecule has 0 saturated heterocycles. The fourth-order valence-corrected chi connectivity index (χ4v) is 5.16. The summed E-state index contributed by atoms with van der Waals surface area (Å²) in [5.74, 6) is -0.546. The first kappa shape index (κ1) is 30.5. The van der Waals surface area contributed by atoms with Gasteiger partial charge in [0.2, 0.25) is 0 Å². The van der Waals surface area contributed by atoms with E-state index < -0.39 is 29.7 Å². The van der Waals surface area contributed by atoms with Crippen molar-refractivity contribution in [2.75, 3.05) is 34.5 Å². The molecule has 0 bridgehead atoms. The number of carboxylic acids is 1. The number of rotatable bonds is 13. The van der Waals surface area contributed by atoms with Gasteiger partial charge in [-0.05, 0) is 25.5 Å². The number of aliphatic hydroxyl groups is 1. The van der Waals surface area contributed by atoms with Gasteiger partial charge in [-0.3, -0.25) is 0 Å². The number of carboxylic acid groups (broad SMARTS) is 1. The number of nitrogens with zero attached hydrogens (tertiary/aromatic N) is 1. The summed E-state index contributed by atoms with van der Waals surface area (Å²) >= 11 is 6.74. The molecule has 2 aromatic carbocycles. The largest absolute Gasteiger partial charge is 0.496 e. The Morgan fingerprint density at radius 2 is 1.82 bits per heavy atom. The van der Waals surface area contributed by atoms with E-state index in [0.29, 0.717) is 23.5 Å². The second kappa shape index (κ2) is 13.3. The smallest absolute Gasteiger partial charge is 0.329 e. The van der Waals surface area contributed by atoms with E-state index in [1.165, 1.54) is 26.2 Å². The quantitative estimate of drug-likeness (QED) is 0.307. The highest BCUT2D eigenvalue weighted by Crippen LogP contribution is 2.45. The van der Waals surface area contributed by atoms with E-state index >= 15 is 0 Å². The Morgan fingerprint density at radius 3 is 2.36 bits per heavy atom. The highest BCUT2D eigenvalue weighted by Gasteiger charge is 2.52. The maximum Gasteiger partial charge on any atom is 0.329 e. The van der Waals surface area contributed by atoms with Gasteiger partial charge in [0.15, 0.2) is 0 Å². The van der Waals surface area contributed by atoms with Gasteiger partial charge in [0.05, 0.1) is 56.3 Å². The molecule has 2 amide bonds. The topological polar surface area (TPSA) is 127 Å². The molecule has 1 unspecified atom stereocenters. The molecule has 0 heterocycles. The molecule has 0 radical (unpaired) electrons. The first-order valence-corrected chi connectivity index (χ1v) is 13.0. The molecule has 1 aliphatic carbocycles. The summed E-state index contributed by atoms with van der Waals surface area (Å²) in [6.45, 7) is 4.02. The number of carbonyl (C=O) groups is 2. The van der Waals surface area contributed by atoms with E-state index in [1.807, 2.05) is 30.3 Å². The Balaban J connectivity index is 1.91. The normalized spacial score (nSPS) is 19.9. The number of hydrogen-bond acceptors (Lipinski definition) is 7. The molecule has 2 aromatic rings. The molecule has 1 aliphatic rings. The van der Waals surface area contributed by atoms with Crippen LogP contribution in [0.3, 0.4) is 0 Å². The number of hydrogen-bond donors (Lipinski definition) is 3. The molecule has 39 heavy (non-hydrogen) atoms. The fraction of sp³-hybridized carbons (Fsp3) is 0.500. The predicted octanol–water partition coefficient (Wildman–Crippen LogP) is 4.33. The van der Waals surface area contributed by atoms with Crippen LogP contribution in [0, 0.1) is 0 Å². The van der Waals surface area contributed by atoms with Crippen LogP contribution < -0.4 is 14.8 Å². The molecule has 2 atom stereocenters. The summed E-state index contributed by atoms with van der Waals surface area (Å²) in [4.78, 5) is 27.2. The van der Waals surface area contributed by atoms with Crippen molar-refractivity contribution in [2.45, 2.75) is 57.1 Å². The van der Waals surface area contributed by atoms with E-state index in [0.717, 1.165) is 5.56 Å². The van der Waals surface area contributed by atoms with Crippen LogP contribution in [0.15, 0.2) is 36.4 Å². The lowest BCUT2D eigenvalue weighted by Crippen LogP contribution is -2.66. The van der Waals surface area contributed by atoms with Crippen molar-refractivity contribution in [1.29, 1.82) is 0 Å². The van der Waals surface area contributed by atoms with Gasteiger partial charge >= 0.3 is 12.0 Å². The summed E-state index contributed by atoms with van der Waals surface area (Å²) in [5.41, 5.74) is 0.433. The van der Waals surface area contributed by atoms with E-state index in [9.17, 15) is 19.8 Å². The molecule has 0 aromatic heterocycles. The van der Waals surface area contributed by atoms with Crippen LogP contribution in [-0.4, -0.2) is 73.2 Å². The Labute approximate surface area is 233 Å². The highest BCUT2D eigenvalue weighted by molar-refractivity contribution is 6.33. The van der Waals surface area contributed by atoms with Gasteiger partial charge in [-0.15, -0.1) is 0 Å². The number of methoxy groups -OCH3 is 3. The molecule has 11 heteroatoms. The fourth-order valence-electron chi connectivity index (χ4n) is 4.77. The van der Waals surface area contributed by atoms with Crippen molar-refractivity contribution in [3.63, 3.8) is 0 Å². The molecular formula is C28H37ClN2O8. The number of ether oxygens (including phenoxy) is 4. The lowest BCUT2D eigenvalue weighted by molar-refractivity contribution is -0.155. The molecule has 3 N–H and O–H groups in total. The molecule has 10 nitrogen and oxygen atoms in total. The Morgan fingerprint density at radius 1 is 1.15 bits per heavy atom. The van der Waals surface area contributed by atoms with Crippen LogP contribution in [-0.2, 0) is 20.9 Å². The average Bonchev–Trinajstić information content (AvgIpc) is 2.89. The van der Waals surface area contributed by atoms with Crippen molar-refractivity contribution in [2.24, 2.45) is 0 Å². The average molecular weight is 565 g/mol. The van der Waals surface area contributed by atoms with Gasteiger partial charge in [-0.2, -0.15) is 0 Å². The van der Waals surface area contributed by atoms with Crippen molar-refractivity contribution in [3.8, 4) is 11.5 Å². The number of halogens is 1. The molecule has 1 saturated carbocycles. The van der Waals surface area contributed by atoms with Crippen LogP contribution in [0.2, 0.25) is 5.02 Å². The van der Waals surface area contributed by atoms with Crippen molar-refractivity contribution < 1.29 is 38.7 Å². The third-order valence-electron chi connectivity index (χ3n) is 7.10. The third-order valence-corrected chi connectivity index (χ3v) is 7.49. The van der Waals surface area contributed by atoms with Crippen molar-refractivity contribution in [1.82, 2.24) is 10.2 Å². The van der Waals surface area contributed by atoms with Crippen LogP contribution >= 0.6 is 11.6 Å². The van der Waals surface area contributed by atoms with Crippen LogP contribution in [0.4, 0.5) is 4.79 Å². The maximum atomic E-state index is 13.6. The minimum atomic E-state index is -1.43. The summed E-state index contributed by atoms with van der Waals surface area (Å²) in [7, 11) is 4.41. The van der Waals surface area contributed by atoms with Crippen LogP contribution in [0.5, 0.6) is 11.5 Å². The second-order valence-corrected chi connectivity index (χ2v) is 9.97. The number of nitrogens with one attached hydrogen (secondary N) is 1. The van der Waals surface area contributed by atoms with Crippen LogP contribution in [0.1, 0.15) is 55.5 Å². The predicted molar refractivity (Wildman–Crippen MR) is 145 cm³/mol. The third kappa shape index (κ3) is 6.75. The highest BCUT2D eigenvalue weighted by atomic mass is 35.5. The van der Waals surface area contributed by atoms with E-state index in [-0.39, 0.29) is 42.9 Å². The number of aliphatic hydroxyl groups excluding tert-OH is 1. The van der Waals surface area contributed by atoms with E-state index in [1.54, 1.807) is 19.9 Å². The maximum absolute atomic E-state index is 13.6. The van der Waals surface area contributed by atoms with Crippen molar-refractivity contribution >= 4 is 23.6 Å². The Kier molecular flexibility index (Phi) is 10.4. The van der Waals surface area contributed by atoms with Crippen LogP contribution in [0.25, 0.3) is 0 Å². The summed E-state index contributed by atoms with van der Waals surface area (Å²) in [6, 6.07) is 10.0. The monoisotopic (exact) mass is 564 g/mol. The van der Waals surface area contributed by atoms with E-state index in [4.69, 9.17) is 30.5 Å². The SMILES string of the molecule is COc1cc([C@@H](C)N(CCOCc2ccccc2)C(=O)NC2(C(=O)O)CC(OC)C2)c(Cl)c(OC)c1C(C)O. The summed E-state index contributed by atoms with van der Waals surface area (Å²) < 4.78 is 22.1. The van der Waals surface area contributed by atoms with Gasteiger partial charge in [-0.1, -0.05) is 41.9 Å². The van der Waals surface area contributed by atoms with E-state index in [2.05, 4.69) is 5.32 Å². The number of benzene rings is 2. The number of aliphatic carboxylic acids is 1. The molecule has 214 valence electrons. The molecule has 0 spiro atoms. The molecular weight excluding hydrogens is 528 g/mol. The summed E-state index contributed by atoms with van der Waals surface area (Å²) in [5, 5.41) is 23.1. The Hall–Kier alpha value is -3.05. The zero-order valence-electron chi connectivity index (χ0n) is 22.9. The second-order valence-electron chi connectivity index (χ2n) is 9.60. The zero-order valence-corrected chi connectivity index (χ0v) is 23.7. The number of urea groups is 1. The van der Waals surface area contributed by atoms with Gasteiger partial charge in [0, 0.05) is 32.1 Å². The lowest BCUT2D eigenvalue weighted by Gasteiger charge is -2.45. The standard InChI is InChI=1S/C28H37ClN2O8/c1-17(21-13-22(37-4)23(18(2)32)25(38-5)24(21)29)31(11-12-39-16-19-9-7-6-8-10-19)27(35)30-28(26(33)34)14-20(15-28)36-3/h6-10,13,17-18,20,32H,11-12,14-16H2,1-5H3,(H,30,35)(H,33,34)/t17-,18?,20?,28?/m1/s1. The van der Waals surface area contributed by atoms with Gasteiger partial charge in [-0.25, -0.2) is 9.59 Å². The van der Waals surface area contributed by atoms with Gasteiger partial charge in [0.25, 0.3) is 0 Å². The zero-order chi connectivity index (χ0) is 28.7. The first-order chi connectivity index (χ1) is 18.6. The first-order valence-electron chi connectivity index (χ1n) is 12.7. The minimum absolute atomic E-state index is 0.141.